The van der Waals surface area contributed by atoms with Crippen LogP contribution in [0.1, 0.15) is 37.9 Å². The predicted molar refractivity (Wildman–Crippen MR) is 76.6 cm³/mol. The zero-order valence-electron chi connectivity index (χ0n) is 11.3. The molecule has 100 valence electrons. The highest BCUT2D eigenvalue weighted by Gasteiger charge is 2.16. The Morgan fingerprint density at radius 2 is 1.74 bits per heavy atom. The van der Waals surface area contributed by atoms with Crippen LogP contribution in [0.25, 0.3) is 11.3 Å². The molecule has 1 aromatic carbocycles. The second-order valence-electron chi connectivity index (χ2n) is 5.47. The van der Waals surface area contributed by atoms with Gasteiger partial charge in [0.15, 0.2) is 5.76 Å². The lowest BCUT2D eigenvalue weighted by Gasteiger charge is -2.19. The van der Waals surface area contributed by atoms with Crippen molar-refractivity contribution in [1.29, 1.82) is 0 Å². The first-order chi connectivity index (χ1) is 9.42. The Morgan fingerprint density at radius 3 is 2.53 bits per heavy atom. The van der Waals surface area contributed by atoms with Gasteiger partial charge in [0.25, 0.3) is 0 Å². The number of hydrogen-bond donors (Lipinski definition) is 1. The fourth-order valence-corrected chi connectivity index (χ4v) is 2.90. The van der Waals surface area contributed by atoms with Gasteiger partial charge >= 0.3 is 0 Å². The summed E-state index contributed by atoms with van der Waals surface area (Å²) in [6.45, 7) is 0.970. The SMILES string of the molecule is c1ccc(-c2ccc(C[NH2+]C3CCCCC3)o2)cc1. The van der Waals surface area contributed by atoms with Crippen molar-refractivity contribution in [2.24, 2.45) is 0 Å². The molecule has 1 fully saturated rings. The van der Waals surface area contributed by atoms with Crippen LogP contribution in [0.15, 0.2) is 46.9 Å². The summed E-state index contributed by atoms with van der Waals surface area (Å²) < 4.78 is 5.93. The van der Waals surface area contributed by atoms with Crippen LogP contribution in [0.4, 0.5) is 0 Å². The monoisotopic (exact) mass is 256 g/mol. The summed E-state index contributed by atoms with van der Waals surface area (Å²) in [5.41, 5.74) is 1.16. The van der Waals surface area contributed by atoms with E-state index in [0.29, 0.717) is 0 Å². The highest BCUT2D eigenvalue weighted by atomic mass is 16.3. The van der Waals surface area contributed by atoms with Gasteiger partial charge in [-0.25, -0.2) is 0 Å². The second kappa shape index (κ2) is 6.07. The van der Waals surface area contributed by atoms with Crippen LogP contribution in [0.3, 0.4) is 0 Å². The Labute approximate surface area is 114 Å². The van der Waals surface area contributed by atoms with E-state index in [0.717, 1.165) is 29.7 Å². The summed E-state index contributed by atoms with van der Waals surface area (Å²) in [5, 5.41) is 2.45. The first-order valence-electron chi connectivity index (χ1n) is 7.39. The number of rotatable bonds is 4. The molecule has 0 atom stereocenters. The van der Waals surface area contributed by atoms with Crippen LogP contribution in [0.2, 0.25) is 0 Å². The van der Waals surface area contributed by atoms with Crippen molar-refractivity contribution in [3.05, 3.63) is 48.2 Å². The summed E-state index contributed by atoms with van der Waals surface area (Å²) >= 11 is 0. The molecule has 2 nitrogen and oxygen atoms in total. The van der Waals surface area contributed by atoms with Crippen LogP contribution in [0, 0.1) is 0 Å². The summed E-state index contributed by atoms with van der Waals surface area (Å²) in [6, 6.07) is 15.3. The van der Waals surface area contributed by atoms with Gasteiger partial charge in [0.05, 0.1) is 6.04 Å². The molecule has 2 aromatic rings. The number of furan rings is 1. The molecule has 0 saturated heterocycles. The number of benzene rings is 1. The molecule has 0 spiro atoms. The first-order valence-corrected chi connectivity index (χ1v) is 7.39. The highest BCUT2D eigenvalue weighted by molar-refractivity contribution is 5.57. The third kappa shape index (κ3) is 3.27. The van der Waals surface area contributed by atoms with Crippen LogP contribution in [-0.2, 0) is 6.54 Å². The predicted octanol–water partition coefficient (Wildman–Crippen LogP) is 3.34. The van der Waals surface area contributed by atoms with E-state index < -0.39 is 0 Å². The van der Waals surface area contributed by atoms with E-state index in [1.54, 1.807) is 0 Å². The summed E-state index contributed by atoms with van der Waals surface area (Å²) in [4.78, 5) is 0. The van der Waals surface area contributed by atoms with Crippen molar-refractivity contribution in [2.45, 2.75) is 44.7 Å². The third-order valence-corrected chi connectivity index (χ3v) is 4.02. The van der Waals surface area contributed by atoms with Crippen molar-refractivity contribution in [1.82, 2.24) is 0 Å². The first kappa shape index (κ1) is 12.5. The van der Waals surface area contributed by atoms with Crippen molar-refractivity contribution < 1.29 is 9.73 Å². The quantitative estimate of drug-likeness (QED) is 0.893. The Balaban J connectivity index is 1.59. The molecule has 1 heterocycles. The Hall–Kier alpha value is -1.54. The lowest BCUT2D eigenvalue weighted by Crippen LogP contribution is -2.88. The van der Waals surface area contributed by atoms with E-state index in [4.69, 9.17) is 4.42 Å². The second-order valence-corrected chi connectivity index (χ2v) is 5.47. The molecule has 2 N–H and O–H groups in total. The molecule has 3 rings (SSSR count). The van der Waals surface area contributed by atoms with Crippen molar-refractivity contribution in [2.75, 3.05) is 0 Å². The standard InChI is InChI=1S/C17H21NO/c1-3-7-14(8-4-1)17-12-11-16(19-17)13-18-15-9-5-2-6-10-15/h1,3-4,7-8,11-12,15,18H,2,5-6,9-10,13H2/p+1. The lowest BCUT2D eigenvalue weighted by molar-refractivity contribution is -0.708. The average molecular weight is 256 g/mol. The zero-order valence-corrected chi connectivity index (χ0v) is 11.3. The summed E-state index contributed by atoms with van der Waals surface area (Å²) in [5.74, 6) is 2.07. The molecule has 0 unspecified atom stereocenters. The Bertz CT molecular complexity index is 497. The molecule has 1 aromatic heterocycles. The van der Waals surface area contributed by atoms with E-state index in [1.807, 2.05) is 18.2 Å². The third-order valence-electron chi connectivity index (χ3n) is 4.02. The fourth-order valence-electron chi connectivity index (χ4n) is 2.90. The molecular formula is C17H22NO+. The minimum absolute atomic E-state index is 0.805. The van der Waals surface area contributed by atoms with Crippen LogP contribution >= 0.6 is 0 Å². The van der Waals surface area contributed by atoms with E-state index in [9.17, 15) is 0 Å². The maximum absolute atomic E-state index is 5.93. The fraction of sp³-hybridized carbons (Fsp3) is 0.412. The number of nitrogens with two attached hydrogens (primary N) is 1. The van der Waals surface area contributed by atoms with Crippen LogP contribution in [0.5, 0.6) is 0 Å². The number of hydrogen-bond acceptors (Lipinski definition) is 1. The highest BCUT2D eigenvalue weighted by Crippen LogP contribution is 2.21. The average Bonchev–Trinajstić information content (AvgIpc) is 2.96. The van der Waals surface area contributed by atoms with E-state index in [2.05, 4.69) is 29.6 Å². The van der Waals surface area contributed by atoms with Crippen LogP contribution in [-0.4, -0.2) is 6.04 Å². The van der Waals surface area contributed by atoms with Gasteiger partial charge in [0.2, 0.25) is 0 Å². The van der Waals surface area contributed by atoms with Gasteiger partial charge in [-0.2, -0.15) is 0 Å². The van der Waals surface area contributed by atoms with Crippen molar-refractivity contribution in [3.8, 4) is 11.3 Å². The number of quaternary nitrogens is 1. The smallest absolute Gasteiger partial charge is 0.158 e. The molecule has 1 aliphatic rings. The minimum Gasteiger partial charge on any atom is -0.455 e. The lowest BCUT2D eigenvalue weighted by atomic mass is 9.95. The molecule has 0 aliphatic heterocycles. The van der Waals surface area contributed by atoms with E-state index in [1.165, 1.54) is 32.1 Å². The van der Waals surface area contributed by atoms with Crippen molar-refractivity contribution >= 4 is 0 Å². The Morgan fingerprint density at radius 1 is 0.947 bits per heavy atom. The molecule has 1 aliphatic carbocycles. The maximum atomic E-state index is 5.93. The molecule has 0 amide bonds. The van der Waals surface area contributed by atoms with E-state index in [-0.39, 0.29) is 0 Å². The van der Waals surface area contributed by atoms with Gasteiger partial charge in [-0.05, 0) is 37.8 Å². The zero-order chi connectivity index (χ0) is 12.9. The van der Waals surface area contributed by atoms with Gasteiger partial charge < -0.3 is 9.73 Å². The molecule has 0 radical (unpaired) electrons. The van der Waals surface area contributed by atoms with Gasteiger partial charge in [-0.3, -0.25) is 0 Å². The molecule has 2 heteroatoms. The van der Waals surface area contributed by atoms with Crippen molar-refractivity contribution in [3.63, 3.8) is 0 Å². The summed E-state index contributed by atoms with van der Waals surface area (Å²) in [7, 11) is 0. The molecule has 19 heavy (non-hydrogen) atoms. The topological polar surface area (TPSA) is 29.8 Å². The van der Waals surface area contributed by atoms with E-state index >= 15 is 0 Å². The van der Waals surface area contributed by atoms with Gasteiger partial charge in [0.1, 0.15) is 12.3 Å². The molecule has 1 saturated carbocycles. The Kier molecular flexibility index (Phi) is 3.99. The molecule has 0 bridgehead atoms. The summed E-state index contributed by atoms with van der Waals surface area (Å²) in [6.07, 6.45) is 6.95. The minimum atomic E-state index is 0.805. The van der Waals surface area contributed by atoms with Gasteiger partial charge in [0, 0.05) is 5.56 Å². The largest absolute Gasteiger partial charge is 0.455 e. The van der Waals surface area contributed by atoms with Gasteiger partial charge in [-0.1, -0.05) is 36.8 Å². The van der Waals surface area contributed by atoms with Crippen LogP contribution < -0.4 is 5.32 Å². The molecular weight excluding hydrogens is 234 g/mol. The van der Waals surface area contributed by atoms with Gasteiger partial charge in [-0.15, -0.1) is 0 Å². The maximum Gasteiger partial charge on any atom is 0.158 e. The normalized spacial score (nSPS) is 16.6.